The molecule has 2 aromatic carbocycles. The van der Waals surface area contributed by atoms with Gasteiger partial charge in [0.25, 0.3) is 0 Å². The van der Waals surface area contributed by atoms with Crippen molar-refractivity contribution in [3.63, 3.8) is 0 Å². The van der Waals surface area contributed by atoms with Crippen molar-refractivity contribution in [1.29, 1.82) is 0 Å². The lowest BCUT2D eigenvalue weighted by Crippen LogP contribution is -2.29. The van der Waals surface area contributed by atoms with Crippen LogP contribution >= 0.6 is 11.6 Å². The first-order chi connectivity index (χ1) is 11.7. The maximum absolute atomic E-state index is 12.2. The Kier molecular flexibility index (Phi) is 6.03. The van der Waals surface area contributed by atoms with Crippen LogP contribution in [0.25, 0.3) is 0 Å². The molecule has 8 heteroatoms. The van der Waals surface area contributed by atoms with Gasteiger partial charge in [-0.05, 0) is 35.4 Å². The maximum Gasteiger partial charge on any atom is 0.471 e. The van der Waals surface area contributed by atoms with Crippen LogP contribution < -0.4 is 10.6 Å². The number of halogens is 4. The van der Waals surface area contributed by atoms with Crippen molar-refractivity contribution in [3.8, 4) is 0 Å². The standard InChI is InChI=1S/C17H14ClF3N2O2/c18-13-3-1-2-12(8-13)9-15(24)22-10-11-4-6-14(7-5-11)23-16(25)17(19,20)21/h1-8H,9-10H2,(H,22,24)(H,23,25). The summed E-state index contributed by atoms with van der Waals surface area (Å²) in [6.45, 7) is 0.215. The summed E-state index contributed by atoms with van der Waals surface area (Å²) in [7, 11) is 0. The topological polar surface area (TPSA) is 58.2 Å². The fourth-order valence-corrected chi connectivity index (χ4v) is 2.22. The van der Waals surface area contributed by atoms with Gasteiger partial charge in [0.15, 0.2) is 0 Å². The van der Waals surface area contributed by atoms with Crippen LogP contribution in [0, 0.1) is 0 Å². The van der Waals surface area contributed by atoms with Gasteiger partial charge in [-0.15, -0.1) is 0 Å². The minimum absolute atomic E-state index is 0.0244. The zero-order valence-electron chi connectivity index (χ0n) is 12.9. The van der Waals surface area contributed by atoms with Crippen molar-refractivity contribution in [2.45, 2.75) is 19.1 Å². The summed E-state index contributed by atoms with van der Waals surface area (Å²) in [5.41, 5.74) is 1.48. The van der Waals surface area contributed by atoms with Crippen LogP contribution in [-0.4, -0.2) is 18.0 Å². The van der Waals surface area contributed by atoms with E-state index in [0.29, 0.717) is 10.6 Å². The fourth-order valence-electron chi connectivity index (χ4n) is 2.00. The SMILES string of the molecule is O=C(Cc1cccc(Cl)c1)NCc1ccc(NC(=O)C(F)(F)F)cc1. The average Bonchev–Trinajstić information content (AvgIpc) is 2.53. The largest absolute Gasteiger partial charge is 0.471 e. The molecule has 0 aliphatic heterocycles. The molecule has 0 atom stereocenters. The molecule has 0 fully saturated rings. The number of hydrogen-bond donors (Lipinski definition) is 2. The molecule has 4 nitrogen and oxygen atoms in total. The Morgan fingerprint density at radius 1 is 1.00 bits per heavy atom. The number of amides is 2. The minimum Gasteiger partial charge on any atom is -0.352 e. The third-order valence-electron chi connectivity index (χ3n) is 3.21. The van der Waals surface area contributed by atoms with Crippen LogP contribution in [0.3, 0.4) is 0 Å². The van der Waals surface area contributed by atoms with Gasteiger partial charge in [-0.2, -0.15) is 13.2 Å². The molecular formula is C17H14ClF3N2O2. The van der Waals surface area contributed by atoms with E-state index in [-0.39, 0.29) is 24.6 Å². The summed E-state index contributed by atoms with van der Waals surface area (Å²) in [5.74, 6) is -2.24. The van der Waals surface area contributed by atoms with E-state index in [2.05, 4.69) is 5.32 Å². The lowest BCUT2D eigenvalue weighted by Gasteiger charge is -2.09. The molecule has 132 valence electrons. The van der Waals surface area contributed by atoms with E-state index in [1.165, 1.54) is 24.3 Å². The second-order valence-corrected chi connectivity index (χ2v) is 5.67. The highest BCUT2D eigenvalue weighted by atomic mass is 35.5. The number of carbonyl (C=O) groups excluding carboxylic acids is 2. The van der Waals surface area contributed by atoms with Gasteiger partial charge in [-0.1, -0.05) is 35.9 Å². The highest BCUT2D eigenvalue weighted by Crippen LogP contribution is 2.18. The molecule has 0 bridgehead atoms. The number of nitrogens with one attached hydrogen (secondary N) is 2. The smallest absolute Gasteiger partial charge is 0.352 e. The van der Waals surface area contributed by atoms with Gasteiger partial charge in [0.1, 0.15) is 0 Å². The Morgan fingerprint density at radius 2 is 1.68 bits per heavy atom. The number of anilines is 1. The Labute approximate surface area is 147 Å². The lowest BCUT2D eigenvalue weighted by molar-refractivity contribution is -0.167. The normalized spacial score (nSPS) is 11.0. The summed E-state index contributed by atoms with van der Waals surface area (Å²) >= 11 is 5.85. The van der Waals surface area contributed by atoms with Crippen molar-refractivity contribution < 1.29 is 22.8 Å². The highest BCUT2D eigenvalue weighted by molar-refractivity contribution is 6.30. The van der Waals surface area contributed by atoms with Crippen molar-refractivity contribution in [2.24, 2.45) is 0 Å². The van der Waals surface area contributed by atoms with Crippen molar-refractivity contribution in [1.82, 2.24) is 5.32 Å². The molecule has 0 heterocycles. The highest BCUT2D eigenvalue weighted by Gasteiger charge is 2.38. The van der Waals surface area contributed by atoms with Gasteiger partial charge in [0, 0.05) is 17.3 Å². The van der Waals surface area contributed by atoms with Gasteiger partial charge in [-0.3, -0.25) is 9.59 Å². The molecule has 2 amide bonds. The first kappa shape index (κ1) is 18.8. The van der Waals surface area contributed by atoms with Gasteiger partial charge < -0.3 is 10.6 Å². The lowest BCUT2D eigenvalue weighted by atomic mass is 10.1. The van der Waals surface area contributed by atoms with Crippen molar-refractivity contribution >= 4 is 29.1 Å². The molecule has 0 unspecified atom stereocenters. The number of benzene rings is 2. The first-order valence-corrected chi connectivity index (χ1v) is 7.60. The predicted octanol–water partition coefficient (Wildman–Crippen LogP) is 3.70. The molecule has 2 aromatic rings. The summed E-state index contributed by atoms with van der Waals surface area (Å²) in [5, 5.41) is 4.99. The third-order valence-corrected chi connectivity index (χ3v) is 3.45. The molecule has 0 aromatic heterocycles. The Morgan fingerprint density at radius 3 is 2.28 bits per heavy atom. The van der Waals surface area contributed by atoms with Crippen LogP contribution in [0.15, 0.2) is 48.5 Å². The zero-order valence-corrected chi connectivity index (χ0v) is 13.6. The van der Waals surface area contributed by atoms with E-state index < -0.39 is 12.1 Å². The minimum atomic E-state index is -4.94. The third kappa shape index (κ3) is 6.11. The molecule has 0 spiro atoms. The van der Waals surface area contributed by atoms with Gasteiger partial charge >= 0.3 is 12.1 Å². The fraction of sp³-hybridized carbons (Fsp3) is 0.176. The van der Waals surface area contributed by atoms with E-state index in [4.69, 9.17) is 11.6 Å². The quantitative estimate of drug-likeness (QED) is 0.843. The summed E-state index contributed by atoms with van der Waals surface area (Å²) in [4.78, 5) is 22.7. The monoisotopic (exact) mass is 370 g/mol. The second kappa shape index (κ2) is 8.02. The summed E-state index contributed by atoms with van der Waals surface area (Å²) in [6, 6.07) is 12.6. The average molecular weight is 371 g/mol. The molecule has 0 saturated carbocycles. The molecule has 25 heavy (non-hydrogen) atoms. The Bertz CT molecular complexity index is 761. The first-order valence-electron chi connectivity index (χ1n) is 7.22. The predicted molar refractivity (Wildman–Crippen MR) is 88.1 cm³/mol. The van der Waals surface area contributed by atoms with E-state index in [1.807, 2.05) is 0 Å². The van der Waals surface area contributed by atoms with Gasteiger partial charge in [0.2, 0.25) is 5.91 Å². The second-order valence-electron chi connectivity index (χ2n) is 5.23. The zero-order chi connectivity index (χ0) is 18.4. The maximum atomic E-state index is 12.2. The summed E-state index contributed by atoms with van der Waals surface area (Å²) < 4.78 is 36.5. The van der Waals surface area contributed by atoms with Crippen molar-refractivity contribution in [3.05, 3.63) is 64.7 Å². The van der Waals surface area contributed by atoms with Crippen LogP contribution in [0.5, 0.6) is 0 Å². The van der Waals surface area contributed by atoms with E-state index in [0.717, 1.165) is 5.56 Å². The van der Waals surface area contributed by atoms with Crippen LogP contribution in [-0.2, 0) is 22.6 Å². The number of rotatable bonds is 5. The molecule has 0 saturated heterocycles. The molecule has 2 rings (SSSR count). The van der Waals surface area contributed by atoms with Gasteiger partial charge in [-0.25, -0.2) is 0 Å². The van der Waals surface area contributed by atoms with Crippen LogP contribution in [0.2, 0.25) is 5.02 Å². The molecule has 0 aliphatic carbocycles. The Balaban J connectivity index is 1.85. The Hall–Kier alpha value is -2.54. The van der Waals surface area contributed by atoms with E-state index in [9.17, 15) is 22.8 Å². The van der Waals surface area contributed by atoms with Crippen LogP contribution in [0.1, 0.15) is 11.1 Å². The van der Waals surface area contributed by atoms with Gasteiger partial charge in [0.05, 0.1) is 6.42 Å². The van der Waals surface area contributed by atoms with E-state index >= 15 is 0 Å². The van der Waals surface area contributed by atoms with E-state index in [1.54, 1.807) is 29.6 Å². The molecule has 0 aliphatic rings. The molecule has 0 radical (unpaired) electrons. The number of alkyl halides is 3. The summed E-state index contributed by atoms with van der Waals surface area (Å²) in [6.07, 6.45) is -4.77. The molecular weight excluding hydrogens is 357 g/mol. The molecule has 2 N–H and O–H groups in total. The number of hydrogen-bond acceptors (Lipinski definition) is 2. The number of carbonyl (C=O) groups is 2. The van der Waals surface area contributed by atoms with Crippen LogP contribution in [0.4, 0.5) is 18.9 Å². The van der Waals surface area contributed by atoms with Crippen molar-refractivity contribution in [2.75, 3.05) is 5.32 Å².